The van der Waals surface area contributed by atoms with Crippen molar-refractivity contribution in [2.75, 3.05) is 26.9 Å². The van der Waals surface area contributed by atoms with E-state index < -0.39 is 31.1 Å². The van der Waals surface area contributed by atoms with Crippen molar-refractivity contribution < 1.29 is 37.7 Å². The van der Waals surface area contributed by atoms with E-state index in [1.54, 1.807) is 31.2 Å². The fourth-order valence-electron chi connectivity index (χ4n) is 4.30. The van der Waals surface area contributed by atoms with E-state index in [0.717, 1.165) is 5.56 Å². The molecule has 0 radical (unpaired) electrons. The number of alkyl carbamates (subject to hydrolysis) is 1. The lowest BCUT2D eigenvalue weighted by atomic mass is 10.1. The molecule has 1 aliphatic rings. The number of unbranched alkanes of at least 4 members (excludes halogenated alkanes) is 1. The zero-order valence-electron chi connectivity index (χ0n) is 21.8. The van der Waals surface area contributed by atoms with Crippen LogP contribution in [0.1, 0.15) is 52.5 Å². The van der Waals surface area contributed by atoms with Gasteiger partial charge >= 0.3 is 12.1 Å². The van der Waals surface area contributed by atoms with Gasteiger partial charge in [-0.15, -0.1) is 0 Å². The molecule has 11 heteroatoms. The van der Waals surface area contributed by atoms with Gasteiger partial charge in [0.15, 0.2) is 0 Å². The van der Waals surface area contributed by atoms with Gasteiger partial charge in [0.2, 0.25) is 7.37 Å². The zero-order chi connectivity index (χ0) is 27.7. The third-order valence-electron chi connectivity index (χ3n) is 6.40. The summed E-state index contributed by atoms with van der Waals surface area (Å²) in [5.41, 5.74) is 1.53. The number of carbonyl (C=O) groups is 4. The Hall–Kier alpha value is -3.49. The summed E-state index contributed by atoms with van der Waals surface area (Å²) in [6.45, 7) is 1.77. The van der Waals surface area contributed by atoms with E-state index >= 15 is 0 Å². The molecular formula is C27H33N2O8P. The SMILES string of the molecule is COC(=O)C(C)CP(=O)(OC)C(CCCCN1C(=O)c2ccccc2C1=O)NC(=O)OCc1ccccc1. The van der Waals surface area contributed by atoms with Crippen molar-refractivity contribution in [2.24, 2.45) is 5.92 Å². The molecule has 3 atom stereocenters. The van der Waals surface area contributed by atoms with E-state index in [0.29, 0.717) is 24.0 Å². The maximum Gasteiger partial charge on any atom is 0.408 e. The van der Waals surface area contributed by atoms with E-state index in [1.165, 1.54) is 19.1 Å². The third-order valence-corrected chi connectivity index (χ3v) is 9.41. The van der Waals surface area contributed by atoms with Gasteiger partial charge in [-0.3, -0.25) is 23.8 Å². The lowest BCUT2D eigenvalue weighted by Gasteiger charge is -2.28. The van der Waals surface area contributed by atoms with Crippen molar-refractivity contribution in [3.05, 3.63) is 71.3 Å². The van der Waals surface area contributed by atoms with Crippen LogP contribution in [0.25, 0.3) is 0 Å². The molecule has 0 bridgehead atoms. The second-order valence-corrected chi connectivity index (χ2v) is 11.8. The van der Waals surface area contributed by atoms with Gasteiger partial charge < -0.3 is 19.3 Å². The monoisotopic (exact) mass is 544 g/mol. The average molecular weight is 545 g/mol. The number of nitrogens with zero attached hydrogens (tertiary/aromatic N) is 1. The highest BCUT2D eigenvalue weighted by Gasteiger charge is 2.39. The largest absolute Gasteiger partial charge is 0.469 e. The Labute approximate surface area is 222 Å². The van der Waals surface area contributed by atoms with Crippen molar-refractivity contribution in [1.29, 1.82) is 0 Å². The smallest absolute Gasteiger partial charge is 0.408 e. The van der Waals surface area contributed by atoms with E-state index in [2.05, 4.69) is 5.32 Å². The van der Waals surface area contributed by atoms with Crippen molar-refractivity contribution in [2.45, 2.75) is 38.6 Å². The molecule has 0 spiro atoms. The predicted octanol–water partition coefficient (Wildman–Crippen LogP) is 4.44. The Balaban J connectivity index is 1.64. The van der Waals surface area contributed by atoms with E-state index in [-0.39, 0.29) is 37.5 Å². The number of hydrogen-bond donors (Lipinski definition) is 1. The highest BCUT2D eigenvalue weighted by Crippen LogP contribution is 2.53. The molecule has 3 amide bonds. The summed E-state index contributed by atoms with van der Waals surface area (Å²) in [6.07, 6.45) is 0.124. The van der Waals surface area contributed by atoms with Crippen LogP contribution in [0.5, 0.6) is 0 Å². The van der Waals surface area contributed by atoms with Gasteiger partial charge in [0, 0.05) is 19.8 Å². The molecule has 3 rings (SSSR count). The van der Waals surface area contributed by atoms with E-state index in [9.17, 15) is 23.7 Å². The molecule has 0 aromatic heterocycles. The minimum atomic E-state index is -3.58. The molecule has 3 unspecified atom stereocenters. The Bertz CT molecular complexity index is 1170. The van der Waals surface area contributed by atoms with Crippen LogP contribution in [0.3, 0.4) is 0 Å². The number of amides is 3. The first kappa shape index (κ1) is 29.1. The van der Waals surface area contributed by atoms with E-state index in [4.69, 9.17) is 14.0 Å². The number of carbonyl (C=O) groups excluding carboxylic acids is 4. The summed E-state index contributed by atoms with van der Waals surface area (Å²) in [4.78, 5) is 51.0. The van der Waals surface area contributed by atoms with Crippen LogP contribution in [0.2, 0.25) is 0 Å². The molecule has 10 nitrogen and oxygen atoms in total. The molecule has 38 heavy (non-hydrogen) atoms. The summed E-state index contributed by atoms with van der Waals surface area (Å²) in [5, 5.41) is 2.65. The molecule has 1 N–H and O–H groups in total. The number of methoxy groups -OCH3 is 1. The lowest BCUT2D eigenvalue weighted by molar-refractivity contribution is -0.144. The van der Waals surface area contributed by atoms with Crippen LogP contribution in [-0.2, 0) is 30.0 Å². The fourth-order valence-corrected chi connectivity index (χ4v) is 6.75. The topological polar surface area (TPSA) is 128 Å². The van der Waals surface area contributed by atoms with Crippen molar-refractivity contribution >= 4 is 31.2 Å². The van der Waals surface area contributed by atoms with Gasteiger partial charge in [-0.2, -0.15) is 0 Å². The number of hydrogen-bond acceptors (Lipinski definition) is 8. The van der Waals surface area contributed by atoms with Crippen LogP contribution >= 0.6 is 7.37 Å². The van der Waals surface area contributed by atoms with Crippen molar-refractivity contribution in [1.82, 2.24) is 10.2 Å². The molecule has 204 valence electrons. The van der Waals surface area contributed by atoms with Gasteiger partial charge in [-0.05, 0) is 37.0 Å². The molecule has 1 heterocycles. The van der Waals surface area contributed by atoms with E-state index in [1.807, 2.05) is 30.3 Å². The number of rotatable bonds is 13. The Morgan fingerprint density at radius 3 is 2.13 bits per heavy atom. The second kappa shape index (κ2) is 13.3. The Morgan fingerprint density at radius 2 is 1.55 bits per heavy atom. The fraction of sp³-hybridized carbons (Fsp3) is 0.407. The molecular weight excluding hydrogens is 511 g/mol. The highest BCUT2D eigenvalue weighted by atomic mass is 31.2. The normalized spacial score (nSPS) is 15.8. The standard InChI is InChI=1S/C27H33N2O8P/c1-19(26(32)35-2)18-38(34,36-3)23(28-27(33)37-17-20-11-5-4-6-12-20)15-9-10-16-29-24(30)21-13-7-8-14-22(21)25(29)31/h4-8,11-14,19,23H,9-10,15-18H2,1-3H3,(H,28,33). The molecule has 1 aliphatic heterocycles. The van der Waals surface area contributed by atoms with Gasteiger partial charge in [0.05, 0.1) is 24.2 Å². The van der Waals surface area contributed by atoms with Gasteiger partial charge in [-0.25, -0.2) is 4.79 Å². The number of esters is 1. The van der Waals surface area contributed by atoms with Crippen molar-refractivity contribution in [3.63, 3.8) is 0 Å². The third kappa shape index (κ3) is 7.08. The first-order valence-electron chi connectivity index (χ1n) is 12.3. The average Bonchev–Trinajstić information content (AvgIpc) is 3.18. The van der Waals surface area contributed by atoms with Gasteiger partial charge in [0.25, 0.3) is 11.8 Å². The van der Waals surface area contributed by atoms with Gasteiger partial charge in [-0.1, -0.05) is 49.4 Å². The number of nitrogens with one attached hydrogen (secondary N) is 1. The molecule has 0 saturated carbocycles. The number of fused-ring (bicyclic) bond motifs is 1. The lowest BCUT2D eigenvalue weighted by Crippen LogP contribution is -2.37. The van der Waals surface area contributed by atoms with Gasteiger partial charge in [0.1, 0.15) is 12.4 Å². The molecule has 0 saturated heterocycles. The first-order chi connectivity index (χ1) is 18.2. The summed E-state index contributed by atoms with van der Waals surface area (Å²) in [7, 11) is -1.07. The Morgan fingerprint density at radius 1 is 0.947 bits per heavy atom. The van der Waals surface area contributed by atoms with Crippen molar-refractivity contribution in [3.8, 4) is 0 Å². The number of benzene rings is 2. The van der Waals surface area contributed by atoms with Crippen LogP contribution in [0.15, 0.2) is 54.6 Å². The molecule has 0 fully saturated rings. The van der Waals surface area contributed by atoms with Crippen LogP contribution in [0, 0.1) is 5.92 Å². The predicted molar refractivity (Wildman–Crippen MR) is 140 cm³/mol. The van der Waals surface area contributed by atoms with Crippen LogP contribution in [-0.4, -0.2) is 61.5 Å². The number of ether oxygens (including phenoxy) is 2. The molecule has 2 aromatic rings. The number of imide groups is 1. The van der Waals surface area contributed by atoms with Crippen LogP contribution < -0.4 is 5.32 Å². The minimum Gasteiger partial charge on any atom is -0.469 e. The summed E-state index contributed by atoms with van der Waals surface area (Å²) in [6, 6.07) is 15.8. The van der Waals surface area contributed by atoms with Crippen LogP contribution in [0.4, 0.5) is 4.79 Å². The first-order valence-corrected chi connectivity index (χ1v) is 14.2. The Kier molecular flexibility index (Phi) is 10.2. The highest BCUT2D eigenvalue weighted by molar-refractivity contribution is 7.59. The summed E-state index contributed by atoms with van der Waals surface area (Å²) in [5.74, 6) is -2.92. The molecule has 2 aromatic carbocycles. The second-order valence-electron chi connectivity index (χ2n) is 9.04. The summed E-state index contributed by atoms with van der Waals surface area (Å²) >= 11 is 0. The minimum absolute atomic E-state index is 0.0228. The zero-order valence-corrected chi connectivity index (χ0v) is 22.6. The summed E-state index contributed by atoms with van der Waals surface area (Å²) < 4.78 is 29.3. The quantitative estimate of drug-likeness (QED) is 0.170. The maximum absolute atomic E-state index is 13.8. The maximum atomic E-state index is 13.8. The molecule has 0 aliphatic carbocycles.